The van der Waals surface area contributed by atoms with Gasteiger partial charge in [0.05, 0.1) is 25.7 Å². The lowest BCUT2D eigenvalue weighted by Crippen LogP contribution is -2.30. The molecular formula is C12H14F3NO5. The van der Waals surface area contributed by atoms with E-state index in [4.69, 9.17) is 4.74 Å². The summed E-state index contributed by atoms with van der Waals surface area (Å²) >= 11 is 0. The number of halogens is 3. The van der Waals surface area contributed by atoms with Gasteiger partial charge in [0, 0.05) is 13.0 Å². The lowest BCUT2D eigenvalue weighted by molar-refractivity contribution is -0.165. The molecule has 21 heavy (non-hydrogen) atoms. The summed E-state index contributed by atoms with van der Waals surface area (Å²) in [5.41, 5.74) is 0. The Morgan fingerprint density at radius 1 is 1.43 bits per heavy atom. The van der Waals surface area contributed by atoms with E-state index in [9.17, 15) is 27.6 Å². The number of rotatable bonds is 5. The summed E-state index contributed by atoms with van der Waals surface area (Å²) < 4.78 is 46.2. The van der Waals surface area contributed by atoms with Crippen LogP contribution in [0.5, 0.6) is 0 Å². The molecule has 1 saturated heterocycles. The monoisotopic (exact) mass is 309 g/mol. The van der Waals surface area contributed by atoms with Crippen molar-refractivity contribution in [1.82, 2.24) is 4.90 Å². The average Bonchev–Trinajstić information content (AvgIpc) is 2.78. The fourth-order valence-corrected chi connectivity index (χ4v) is 1.78. The summed E-state index contributed by atoms with van der Waals surface area (Å²) in [5, 5.41) is 0. The van der Waals surface area contributed by atoms with Crippen LogP contribution in [0, 0.1) is 5.92 Å². The van der Waals surface area contributed by atoms with Crippen LogP contribution in [0.25, 0.3) is 0 Å². The molecule has 1 aliphatic rings. The summed E-state index contributed by atoms with van der Waals surface area (Å²) in [5.74, 6) is -4.72. The van der Waals surface area contributed by atoms with E-state index < -0.39 is 35.6 Å². The van der Waals surface area contributed by atoms with Crippen molar-refractivity contribution < 1.29 is 37.0 Å². The zero-order valence-electron chi connectivity index (χ0n) is 11.4. The van der Waals surface area contributed by atoms with Crippen LogP contribution >= 0.6 is 0 Å². The molecule has 1 amide bonds. The molecule has 0 bridgehead atoms. The zero-order valence-corrected chi connectivity index (χ0v) is 11.4. The number of amides is 1. The lowest BCUT2D eigenvalue weighted by Gasteiger charge is -2.20. The van der Waals surface area contributed by atoms with E-state index in [0.717, 1.165) is 12.0 Å². The van der Waals surface area contributed by atoms with E-state index >= 15 is 0 Å². The second kappa shape index (κ2) is 6.59. The molecule has 0 aromatic rings. The van der Waals surface area contributed by atoms with Gasteiger partial charge in [0.1, 0.15) is 0 Å². The smallest absolute Gasteiger partial charge is 0.454 e. The number of likely N-dealkylation sites (tertiary alicyclic amines) is 1. The highest BCUT2D eigenvalue weighted by atomic mass is 19.4. The Balaban J connectivity index is 2.96. The van der Waals surface area contributed by atoms with Gasteiger partial charge >= 0.3 is 12.1 Å². The fourth-order valence-electron chi connectivity index (χ4n) is 1.78. The van der Waals surface area contributed by atoms with Crippen molar-refractivity contribution in [1.29, 1.82) is 0 Å². The number of alkyl halides is 3. The summed E-state index contributed by atoms with van der Waals surface area (Å²) in [6, 6.07) is 0. The van der Waals surface area contributed by atoms with Gasteiger partial charge in [-0.25, -0.2) is 0 Å². The first-order valence-corrected chi connectivity index (χ1v) is 6.04. The fraction of sp³-hybridized carbons (Fsp3) is 0.583. The topological polar surface area (TPSA) is 72.9 Å². The van der Waals surface area contributed by atoms with Gasteiger partial charge in [-0.05, 0) is 6.92 Å². The number of methoxy groups -OCH3 is 1. The maximum atomic E-state index is 12.3. The van der Waals surface area contributed by atoms with Crippen molar-refractivity contribution in [3.05, 3.63) is 12.0 Å². The molecule has 1 atom stereocenters. The first-order valence-electron chi connectivity index (χ1n) is 6.04. The van der Waals surface area contributed by atoms with Crippen LogP contribution in [-0.2, 0) is 23.9 Å². The molecule has 0 saturated carbocycles. The van der Waals surface area contributed by atoms with E-state index in [1.54, 1.807) is 0 Å². The van der Waals surface area contributed by atoms with Crippen LogP contribution in [0.4, 0.5) is 13.2 Å². The molecular weight excluding hydrogens is 295 g/mol. The Kier molecular flexibility index (Phi) is 5.34. The Hall–Kier alpha value is -2.06. The predicted molar refractivity (Wildman–Crippen MR) is 62.6 cm³/mol. The van der Waals surface area contributed by atoms with Crippen LogP contribution in [0.15, 0.2) is 12.0 Å². The highest BCUT2D eigenvalue weighted by molar-refractivity contribution is 5.95. The summed E-state index contributed by atoms with van der Waals surface area (Å²) in [7, 11) is 1.14. The third-order valence-electron chi connectivity index (χ3n) is 2.75. The SMILES string of the molecule is CCOC(=CC(=O)C(F)(F)F)N1CC(C(=O)OC)CC1=O. The highest BCUT2D eigenvalue weighted by Crippen LogP contribution is 2.25. The van der Waals surface area contributed by atoms with Gasteiger partial charge in [-0.3, -0.25) is 19.3 Å². The maximum absolute atomic E-state index is 12.3. The van der Waals surface area contributed by atoms with Gasteiger partial charge in [-0.2, -0.15) is 13.2 Å². The van der Waals surface area contributed by atoms with Gasteiger partial charge in [0.25, 0.3) is 5.78 Å². The van der Waals surface area contributed by atoms with Crippen molar-refractivity contribution in [2.75, 3.05) is 20.3 Å². The second-order valence-corrected chi connectivity index (χ2v) is 4.21. The Bertz CT molecular complexity index is 472. The predicted octanol–water partition coefficient (Wildman–Crippen LogP) is 1.02. The van der Waals surface area contributed by atoms with Crippen molar-refractivity contribution >= 4 is 17.7 Å². The molecule has 1 fully saturated rings. The van der Waals surface area contributed by atoms with Crippen LogP contribution in [0.2, 0.25) is 0 Å². The molecule has 0 aromatic carbocycles. The number of carbonyl (C=O) groups excluding carboxylic acids is 3. The minimum absolute atomic E-state index is 0.0381. The number of hydrogen-bond acceptors (Lipinski definition) is 5. The molecule has 118 valence electrons. The second-order valence-electron chi connectivity index (χ2n) is 4.21. The van der Waals surface area contributed by atoms with Crippen molar-refractivity contribution in [3.8, 4) is 0 Å². The quantitative estimate of drug-likeness (QED) is 0.431. The molecule has 0 aromatic heterocycles. The van der Waals surface area contributed by atoms with Gasteiger partial charge < -0.3 is 9.47 Å². The number of ketones is 1. The highest BCUT2D eigenvalue weighted by Gasteiger charge is 2.41. The Morgan fingerprint density at radius 3 is 2.52 bits per heavy atom. The standard InChI is InChI=1S/C12H14F3NO5/c1-3-21-10(5-8(17)12(13,14)15)16-6-7(4-9(16)18)11(19)20-2/h5,7H,3-4,6H2,1-2H3. The van der Waals surface area contributed by atoms with E-state index in [0.29, 0.717) is 0 Å². The maximum Gasteiger partial charge on any atom is 0.454 e. The third-order valence-corrected chi connectivity index (χ3v) is 2.75. The molecule has 0 spiro atoms. The number of nitrogens with zero attached hydrogens (tertiary/aromatic N) is 1. The summed E-state index contributed by atoms with van der Waals surface area (Å²) in [6.45, 7) is 1.26. The number of ether oxygens (including phenoxy) is 2. The minimum atomic E-state index is -5.06. The lowest BCUT2D eigenvalue weighted by atomic mass is 10.1. The summed E-state index contributed by atoms with van der Waals surface area (Å²) in [6.07, 6.45) is -5.06. The summed E-state index contributed by atoms with van der Waals surface area (Å²) in [4.78, 5) is 34.9. The number of carbonyl (C=O) groups is 3. The first kappa shape index (κ1) is 17.0. The van der Waals surface area contributed by atoms with E-state index in [2.05, 4.69) is 4.74 Å². The third kappa shape index (κ3) is 4.20. The van der Waals surface area contributed by atoms with Gasteiger partial charge in [0.2, 0.25) is 5.91 Å². The van der Waals surface area contributed by atoms with Crippen LogP contribution in [0.1, 0.15) is 13.3 Å². The zero-order chi connectivity index (χ0) is 16.2. The van der Waals surface area contributed by atoms with Crippen LogP contribution < -0.4 is 0 Å². The Morgan fingerprint density at radius 2 is 2.05 bits per heavy atom. The molecule has 9 heteroatoms. The van der Waals surface area contributed by atoms with E-state index in [-0.39, 0.29) is 25.6 Å². The van der Waals surface area contributed by atoms with Gasteiger partial charge in [0.15, 0.2) is 5.88 Å². The van der Waals surface area contributed by atoms with Crippen LogP contribution in [-0.4, -0.2) is 49.0 Å². The molecule has 1 unspecified atom stereocenters. The molecule has 0 radical (unpaired) electrons. The largest absolute Gasteiger partial charge is 0.479 e. The molecule has 0 N–H and O–H groups in total. The van der Waals surface area contributed by atoms with Crippen molar-refractivity contribution in [2.24, 2.45) is 5.92 Å². The molecule has 1 aliphatic heterocycles. The number of allylic oxidation sites excluding steroid dienone is 1. The molecule has 0 aliphatic carbocycles. The van der Waals surface area contributed by atoms with E-state index in [1.807, 2.05) is 0 Å². The average molecular weight is 309 g/mol. The Labute approximate surface area is 118 Å². The van der Waals surface area contributed by atoms with Gasteiger partial charge in [-0.1, -0.05) is 0 Å². The first-order chi connectivity index (χ1) is 9.70. The number of esters is 1. The van der Waals surface area contributed by atoms with Gasteiger partial charge in [-0.15, -0.1) is 0 Å². The minimum Gasteiger partial charge on any atom is -0.479 e. The molecule has 1 heterocycles. The normalized spacial score (nSPS) is 19.7. The molecule has 1 rings (SSSR count). The van der Waals surface area contributed by atoms with Crippen molar-refractivity contribution in [2.45, 2.75) is 19.5 Å². The van der Waals surface area contributed by atoms with Crippen molar-refractivity contribution in [3.63, 3.8) is 0 Å². The van der Waals surface area contributed by atoms with Crippen LogP contribution in [0.3, 0.4) is 0 Å². The molecule has 6 nitrogen and oxygen atoms in total. The number of hydrogen-bond donors (Lipinski definition) is 0. The van der Waals surface area contributed by atoms with E-state index in [1.165, 1.54) is 6.92 Å².